The topological polar surface area (TPSA) is 61.0 Å². The van der Waals surface area contributed by atoms with Gasteiger partial charge >= 0.3 is 0 Å². The van der Waals surface area contributed by atoms with Crippen LogP contribution in [0.25, 0.3) is 0 Å². The Balaban J connectivity index is 2.19. The van der Waals surface area contributed by atoms with Gasteiger partial charge in [0.15, 0.2) is 11.6 Å². The predicted molar refractivity (Wildman–Crippen MR) is 63.5 cm³/mol. The molecule has 0 aliphatic heterocycles. The summed E-state index contributed by atoms with van der Waals surface area (Å²) in [5.41, 5.74) is 6.49. The molecule has 1 aromatic heterocycles. The van der Waals surface area contributed by atoms with Crippen LogP contribution in [-0.2, 0) is 6.42 Å². The minimum Gasteiger partial charge on any atom is -0.494 e. The van der Waals surface area contributed by atoms with Gasteiger partial charge in [-0.3, -0.25) is 0 Å². The third-order valence-corrected chi connectivity index (χ3v) is 3.24. The zero-order chi connectivity index (χ0) is 12.3. The summed E-state index contributed by atoms with van der Waals surface area (Å²) >= 11 is 1.23. The normalized spacial score (nSPS) is 12.4. The minimum absolute atomic E-state index is 0.233. The minimum atomic E-state index is -0.358. The summed E-state index contributed by atoms with van der Waals surface area (Å²) in [7, 11) is 1.44. The molecule has 1 aromatic carbocycles. The van der Waals surface area contributed by atoms with Crippen molar-refractivity contribution >= 4 is 11.5 Å². The lowest BCUT2D eigenvalue weighted by molar-refractivity contribution is 0.383. The molecule has 1 atom stereocenters. The highest BCUT2D eigenvalue weighted by Crippen LogP contribution is 2.24. The maximum atomic E-state index is 13.9. The van der Waals surface area contributed by atoms with E-state index in [1.807, 2.05) is 0 Å². The van der Waals surface area contributed by atoms with Gasteiger partial charge in [0, 0.05) is 6.04 Å². The summed E-state index contributed by atoms with van der Waals surface area (Å²) in [6.45, 7) is 0. The number of ether oxygens (including phenoxy) is 1. The molecule has 0 aliphatic carbocycles. The van der Waals surface area contributed by atoms with Crippen LogP contribution in [0.1, 0.15) is 16.5 Å². The quantitative estimate of drug-likeness (QED) is 0.904. The highest BCUT2D eigenvalue weighted by atomic mass is 32.1. The Morgan fingerprint density at radius 2 is 2.35 bits per heavy atom. The van der Waals surface area contributed by atoms with Gasteiger partial charge < -0.3 is 10.5 Å². The van der Waals surface area contributed by atoms with Crippen LogP contribution >= 0.6 is 11.5 Å². The van der Waals surface area contributed by atoms with E-state index in [1.54, 1.807) is 24.4 Å². The van der Waals surface area contributed by atoms with E-state index in [-0.39, 0.29) is 17.6 Å². The van der Waals surface area contributed by atoms with Gasteiger partial charge in [0.25, 0.3) is 0 Å². The highest BCUT2D eigenvalue weighted by Gasteiger charge is 2.14. The fraction of sp³-hybridized carbons (Fsp3) is 0.273. The molecule has 0 saturated heterocycles. The van der Waals surface area contributed by atoms with Crippen molar-refractivity contribution in [1.82, 2.24) is 9.59 Å². The first kappa shape index (κ1) is 11.9. The molecular weight excluding hydrogens is 241 g/mol. The number of methoxy groups -OCH3 is 1. The van der Waals surface area contributed by atoms with E-state index in [9.17, 15) is 4.39 Å². The number of halogens is 1. The molecule has 0 bridgehead atoms. The van der Waals surface area contributed by atoms with Crippen molar-refractivity contribution in [2.75, 3.05) is 7.11 Å². The Morgan fingerprint density at radius 1 is 1.53 bits per heavy atom. The van der Waals surface area contributed by atoms with E-state index < -0.39 is 0 Å². The number of aromatic nitrogens is 2. The molecule has 0 fully saturated rings. The summed E-state index contributed by atoms with van der Waals surface area (Å²) in [6.07, 6.45) is 2.00. The summed E-state index contributed by atoms with van der Waals surface area (Å²) in [5, 5.41) is 3.71. The number of hydrogen-bond acceptors (Lipinski definition) is 5. The molecule has 2 aromatic rings. The summed E-state index contributed by atoms with van der Waals surface area (Å²) in [6, 6.07) is 4.73. The van der Waals surface area contributed by atoms with Crippen molar-refractivity contribution < 1.29 is 9.13 Å². The Labute approximate surface area is 102 Å². The van der Waals surface area contributed by atoms with E-state index in [0.717, 1.165) is 4.88 Å². The van der Waals surface area contributed by atoms with Crippen LogP contribution in [0.2, 0.25) is 0 Å². The zero-order valence-electron chi connectivity index (χ0n) is 9.26. The van der Waals surface area contributed by atoms with Crippen molar-refractivity contribution in [3.05, 3.63) is 40.7 Å². The number of benzene rings is 1. The van der Waals surface area contributed by atoms with Gasteiger partial charge in [-0.15, -0.1) is 5.10 Å². The lowest BCUT2D eigenvalue weighted by Crippen LogP contribution is -2.13. The molecule has 0 radical (unpaired) electrons. The largest absolute Gasteiger partial charge is 0.494 e. The van der Waals surface area contributed by atoms with Crippen molar-refractivity contribution in [3.63, 3.8) is 0 Å². The summed E-state index contributed by atoms with van der Waals surface area (Å²) < 4.78 is 22.5. The lowest BCUT2D eigenvalue weighted by Gasteiger charge is -2.11. The second-order valence-electron chi connectivity index (χ2n) is 3.56. The van der Waals surface area contributed by atoms with Crippen LogP contribution in [0, 0.1) is 5.82 Å². The molecule has 2 N–H and O–H groups in total. The molecule has 1 heterocycles. The molecule has 90 valence electrons. The van der Waals surface area contributed by atoms with Gasteiger partial charge in [0.1, 0.15) is 0 Å². The summed E-state index contributed by atoms with van der Waals surface area (Å²) in [5.74, 6) is -0.125. The van der Waals surface area contributed by atoms with E-state index in [4.69, 9.17) is 10.5 Å². The molecule has 0 spiro atoms. The first-order chi connectivity index (χ1) is 8.22. The van der Waals surface area contributed by atoms with Crippen molar-refractivity contribution in [1.29, 1.82) is 0 Å². The van der Waals surface area contributed by atoms with Crippen molar-refractivity contribution in [3.8, 4) is 5.75 Å². The molecule has 17 heavy (non-hydrogen) atoms. The van der Waals surface area contributed by atoms with Crippen molar-refractivity contribution in [2.45, 2.75) is 12.5 Å². The van der Waals surface area contributed by atoms with E-state index in [0.29, 0.717) is 12.0 Å². The fourth-order valence-corrected chi connectivity index (χ4v) is 2.05. The summed E-state index contributed by atoms with van der Waals surface area (Å²) in [4.78, 5) is 0.840. The molecule has 2 rings (SSSR count). The third kappa shape index (κ3) is 2.59. The van der Waals surface area contributed by atoms with Gasteiger partial charge in [-0.2, -0.15) is 0 Å². The SMILES string of the molecule is COc1cccc(CC(N)c2cnns2)c1F. The number of nitrogens with zero attached hydrogens (tertiary/aromatic N) is 2. The van der Waals surface area contributed by atoms with Gasteiger partial charge in [-0.25, -0.2) is 4.39 Å². The van der Waals surface area contributed by atoms with Crippen LogP contribution < -0.4 is 10.5 Å². The number of rotatable bonds is 4. The molecule has 0 aliphatic rings. The molecule has 4 nitrogen and oxygen atoms in total. The lowest BCUT2D eigenvalue weighted by atomic mass is 10.0. The maximum Gasteiger partial charge on any atom is 0.168 e. The molecular formula is C11H12FN3OS. The molecule has 1 unspecified atom stereocenters. The van der Waals surface area contributed by atoms with Crippen LogP contribution in [0.3, 0.4) is 0 Å². The first-order valence-electron chi connectivity index (χ1n) is 5.06. The Bertz CT molecular complexity index is 489. The van der Waals surface area contributed by atoms with Gasteiger partial charge in [0.05, 0.1) is 18.2 Å². The van der Waals surface area contributed by atoms with E-state index >= 15 is 0 Å². The second-order valence-corrected chi connectivity index (χ2v) is 4.38. The van der Waals surface area contributed by atoms with Crippen LogP contribution in [0.15, 0.2) is 24.4 Å². The molecule has 0 amide bonds. The maximum absolute atomic E-state index is 13.9. The zero-order valence-corrected chi connectivity index (χ0v) is 10.1. The average molecular weight is 253 g/mol. The molecule has 6 heteroatoms. The highest BCUT2D eigenvalue weighted by molar-refractivity contribution is 7.05. The smallest absolute Gasteiger partial charge is 0.168 e. The van der Waals surface area contributed by atoms with E-state index in [1.165, 1.54) is 18.6 Å². The van der Waals surface area contributed by atoms with Crippen LogP contribution in [-0.4, -0.2) is 16.7 Å². The third-order valence-electron chi connectivity index (χ3n) is 2.45. The van der Waals surface area contributed by atoms with Crippen LogP contribution in [0.4, 0.5) is 4.39 Å². The van der Waals surface area contributed by atoms with Gasteiger partial charge in [-0.1, -0.05) is 16.6 Å². The van der Waals surface area contributed by atoms with Crippen LogP contribution in [0.5, 0.6) is 5.75 Å². The molecule has 0 saturated carbocycles. The number of nitrogens with two attached hydrogens (primary N) is 1. The van der Waals surface area contributed by atoms with E-state index in [2.05, 4.69) is 9.59 Å². The Hall–Kier alpha value is -1.53. The Kier molecular flexibility index (Phi) is 3.65. The second kappa shape index (κ2) is 5.20. The number of hydrogen-bond donors (Lipinski definition) is 1. The standard InChI is InChI=1S/C11H12FN3OS/c1-16-9-4-2-3-7(11(9)12)5-8(13)10-6-14-15-17-10/h2-4,6,8H,5,13H2,1H3. The fourth-order valence-electron chi connectivity index (χ4n) is 1.55. The predicted octanol–water partition coefficient (Wildman–Crippen LogP) is 1.93. The van der Waals surface area contributed by atoms with Gasteiger partial charge in [-0.05, 0) is 29.6 Å². The average Bonchev–Trinajstić information content (AvgIpc) is 2.85. The van der Waals surface area contributed by atoms with Crippen molar-refractivity contribution in [2.24, 2.45) is 5.73 Å². The van der Waals surface area contributed by atoms with Gasteiger partial charge in [0.2, 0.25) is 0 Å². The Morgan fingerprint density at radius 3 is 3.00 bits per heavy atom. The first-order valence-corrected chi connectivity index (χ1v) is 5.84. The monoisotopic (exact) mass is 253 g/mol.